The lowest BCUT2D eigenvalue weighted by Crippen LogP contribution is -2.40. The number of pyridine rings is 2. The van der Waals surface area contributed by atoms with Gasteiger partial charge in [0.15, 0.2) is 19.9 Å². The monoisotopic (exact) mass is 630 g/mol. The zero-order valence-electron chi connectivity index (χ0n) is 26.6. The Labute approximate surface area is 268 Å². The Morgan fingerprint density at radius 1 is 0.957 bits per heavy atom. The van der Waals surface area contributed by atoms with Crippen LogP contribution in [0.2, 0.25) is 18.1 Å². The number of anilines is 1. The van der Waals surface area contributed by atoms with Crippen LogP contribution in [0.15, 0.2) is 79.1 Å². The highest BCUT2D eigenvalue weighted by molar-refractivity contribution is 6.74. The van der Waals surface area contributed by atoms with Crippen molar-refractivity contribution in [1.29, 1.82) is 5.26 Å². The first-order valence-corrected chi connectivity index (χ1v) is 17.9. The zero-order chi connectivity index (χ0) is 32.8. The molecule has 0 radical (unpaired) electrons. The van der Waals surface area contributed by atoms with Gasteiger partial charge < -0.3 is 9.16 Å². The zero-order valence-corrected chi connectivity index (χ0v) is 27.6. The lowest BCUT2D eigenvalue weighted by Gasteiger charge is -2.36. The van der Waals surface area contributed by atoms with E-state index in [1.54, 1.807) is 59.4 Å². The van der Waals surface area contributed by atoms with Crippen LogP contribution < -0.4 is 9.64 Å². The average molecular weight is 631 g/mol. The lowest BCUT2D eigenvalue weighted by molar-refractivity contribution is 0.0922. The van der Waals surface area contributed by atoms with E-state index in [1.807, 2.05) is 31.3 Å². The van der Waals surface area contributed by atoms with Crippen molar-refractivity contribution in [3.05, 3.63) is 107 Å². The second-order valence-electron chi connectivity index (χ2n) is 12.8. The molecule has 2 amide bonds. The van der Waals surface area contributed by atoms with Crippen molar-refractivity contribution in [2.75, 3.05) is 4.90 Å². The third-order valence-corrected chi connectivity index (χ3v) is 13.2. The van der Waals surface area contributed by atoms with Gasteiger partial charge in [-0.1, -0.05) is 32.9 Å². The Kier molecular flexibility index (Phi) is 7.80. The average Bonchev–Trinajstić information content (AvgIpc) is 3.66. The molecule has 2 aromatic carbocycles. The van der Waals surface area contributed by atoms with Crippen molar-refractivity contribution in [3.63, 3.8) is 0 Å². The molecule has 0 N–H and O–H groups in total. The molecule has 11 heteroatoms. The molecule has 0 bridgehead atoms. The number of benzene rings is 2. The maximum Gasteiger partial charge on any atom is 0.267 e. The molecule has 0 saturated carbocycles. The van der Waals surface area contributed by atoms with E-state index in [4.69, 9.17) is 19.1 Å². The molecular formula is C35H34N6O4Si. The maximum atomic E-state index is 13.6. The third kappa shape index (κ3) is 5.57. The van der Waals surface area contributed by atoms with Crippen LogP contribution in [0, 0.1) is 11.3 Å². The number of carbonyl (C=O) groups is 2. The number of rotatable bonds is 8. The van der Waals surface area contributed by atoms with E-state index in [2.05, 4.69) is 45.0 Å². The summed E-state index contributed by atoms with van der Waals surface area (Å²) in [6.45, 7) is 13.2. The van der Waals surface area contributed by atoms with Crippen LogP contribution in [-0.2, 0) is 11.0 Å². The van der Waals surface area contributed by atoms with Crippen molar-refractivity contribution in [2.45, 2.75) is 58.5 Å². The molecule has 0 fully saturated rings. The minimum atomic E-state index is -2.05. The number of hydrogen-bond acceptors (Lipinski definition) is 8. The lowest BCUT2D eigenvalue weighted by atomic mass is 10.1. The minimum absolute atomic E-state index is 0.0379. The van der Waals surface area contributed by atoms with Crippen LogP contribution in [0.5, 0.6) is 5.75 Å². The van der Waals surface area contributed by atoms with E-state index < -0.39 is 26.2 Å². The second kappa shape index (κ2) is 11.6. The van der Waals surface area contributed by atoms with Gasteiger partial charge >= 0.3 is 0 Å². The van der Waals surface area contributed by atoms with Crippen molar-refractivity contribution in [2.24, 2.45) is 0 Å². The quantitative estimate of drug-likeness (QED) is 0.131. The molecule has 0 spiro atoms. The van der Waals surface area contributed by atoms with Crippen molar-refractivity contribution in [1.82, 2.24) is 19.7 Å². The van der Waals surface area contributed by atoms with E-state index in [-0.39, 0.29) is 16.6 Å². The summed E-state index contributed by atoms with van der Waals surface area (Å²) in [7, 11) is -2.05. The maximum absolute atomic E-state index is 13.6. The highest BCUT2D eigenvalue weighted by Crippen LogP contribution is 2.39. The normalized spacial score (nSPS) is 14.0. The molecule has 3 aromatic heterocycles. The van der Waals surface area contributed by atoms with Gasteiger partial charge in [-0.25, -0.2) is 19.5 Å². The predicted octanol–water partition coefficient (Wildman–Crippen LogP) is 7.15. The Hall–Kier alpha value is -5.18. The summed E-state index contributed by atoms with van der Waals surface area (Å²) in [6.07, 6.45) is 2.83. The van der Waals surface area contributed by atoms with E-state index in [0.29, 0.717) is 45.6 Å². The molecule has 1 aliphatic heterocycles. The molecule has 4 heterocycles. The van der Waals surface area contributed by atoms with Gasteiger partial charge in [-0.05, 0) is 79.7 Å². The van der Waals surface area contributed by atoms with Crippen LogP contribution in [0.25, 0.3) is 16.6 Å². The summed E-state index contributed by atoms with van der Waals surface area (Å²) in [6, 6.07) is 21.2. The van der Waals surface area contributed by atoms with Gasteiger partial charge in [-0.15, -0.1) is 0 Å². The molecule has 10 nitrogen and oxygen atoms in total. The number of nitriles is 1. The first-order valence-electron chi connectivity index (χ1n) is 15.0. The molecule has 46 heavy (non-hydrogen) atoms. The van der Waals surface area contributed by atoms with Gasteiger partial charge in [-0.3, -0.25) is 9.59 Å². The molecule has 1 atom stereocenters. The van der Waals surface area contributed by atoms with E-state index in [1.165, 1.54) is 0 Å². The fourth-order valence-corrected chi connectivity index (χ4v) is 6.00. The molecule has 5 aromatic rings. The highest BCUT2D eigenvalue weighted by atomic mass is 28.4. The number of fused-ring (bicyclic) bond motifs is 2. The highest BCUT2D eigenvalue weighted by Gasteiger charge is 2.40. The van der Waals surface area contributed by atoms with Gasteiger partial charge in [0.1, 0.15) is 11.8 Å². The first-order chi connectivity index (χ1) is 21.9. The Morgan fingerprint density at radius 2 is 1.67 bits per heavy atom. The summed E-state index contributed by atoms with van der Waals surface area (Å²) >= 11 is 0. The second-order valence-corrected chi connectivity index (χ2v) is 17.6. The van der Waals surface area contributed by atoms with E-state index in [9.17, 15) is 14.9 Å². The van der Waals surface area contributed by atoms with E-state index >= 15 is 0 Å². The van der Waals surface area contributed by atoms with E-state index in [0.717, 1.165) is 10.6 Å². The van der Waals surface area contributed by atoms with Gasteiger partial charge in [0, 0.05) is 17.8 Å². The molecular weight excluding hydrogens is 597 g/mol. The molecule has 6 rings (SSSR count). The van der Waals surface area contributed by atoms with Crippen LogP contribution in [0.1, 0.15) is 71.5 Å². The number of imide groups is 1. The number of amides is 2. The summed E-state index contributed by atoms with van der Waals surface area (Å²) in [5.74, 6) is -0.716. The van der Waals surface area contributed by atoms with Gasteiger partial charge in [-0.2, -0.15) is 10.4 Å². The van der Waals surface area contributed by atoms with Crippen LogP contribution in [0.4, 0.5) is 5.82 Å². The SMILES string of the molecule is CC(Oc1cc2cc(C#N)ccc2nc1N1C(=O)c2ccccc2C1=O)c1nc(CO[Si](C)(C)C(C)(C)C)ccc1-n1cccn1. The number of ether oxygens (including phenoxy) is 1. The summed E-state index contributed by atoms with van der Waals surface area (Å²) in [5.41, 5.74) is 3.57. The molecule has 1 unspecified atom stereocenters. The number of carbonyl (C=O) groups excluding carboxylic acids is 2. The largest absolute Gasteiger partial charge is 0.480 e. The number of aromatic nitrogens is 4. The Balaban J connectivity index is 1.43. The Bertz CT molecular complexity index is 1990. The van der Waals surface area contributed by atoms with Gasteiger partial charge in [0.05, 0.1) is 46.3 Å². The third-order valence-electron chi connectivity index (χ3n) is 8.68. The topological polar surface area (TPSA) is 123 Å². The molecule has 0 saturated heterocycles. The van der Waals surface area contributed by atoms with Crippen LogP contribution >= 0.6 is 0 Å². The number of nitrogens with zero attached hydrogens (tertiary/aromatic N) is 6. The smallest absolute Gasteiger partial charge is 0.267 e. The fourth-order valence-electron chi connectivity index (χ4n) is 5.06. The van der Waals surface area contributed by atoms with Crippen LogP contribution in [-0.4, -0.2) is 39.9 Å². The molecule has 1 aliphatic rings. The first kappa shape index (κ1) is 30.8. The van der Waals surface area contributed by atoms with Crippen LogP contribution in [0.3, 0.4) is 0 Å². The van der Waals surface area contributed by atoms with Crippen molar-refractivity contribution in [3.8, 4) is 17.5 Å². The molecule has 0 aliphatic carbocycles. The Morgan fingerprint density at radius 3 is 2.30 bits per heavy atom. The minimum Gasteiger partial charge on any atom is -0.480 e. The van der Waals surface area contributed by atoms with Gasteiger partial charge in [0.2, 0.25) is 0 Å². The van der Waals surface area contributed by atoms with Crippen molar-refractivity contribution >= 4 is 36.9 Å². The van der Waals surface area contributed by atoms with Gasteiger partial charge in [0.25, 0.3) is 11.8 Å². The van der Waals surface area contributed by atoms with Crippen molar-refractivity contribution < 1.29 is 18.8 Å². The standard InChI is InChI=1S/C35H34N6O4Si/c1-22(31-29(40-17-9-16-37-40)15-13-25(38-31)21-44-46(5,6)35(2,3)4)45-30-19-24-18-23(20-36)12-14-28(24)39-32(30)41-33(42)26-10-7-8-11-27(26)34(41)43/h7-19,22H,21H2,1-6H3. The molecule has 232 valence electrons. The predicted molar refractivity (Wildman–Crippen MR) is 176 cm³/mol. The summed E-state index contributed by atoms with van der Waals surface area (Å²) < 4.78 is 14.8. The summed E-state index contributed by atoms with van der Waals surface area (Å²) in [4.78, 5) is 37.9. The number of hydrogen-bond donors (Lipinski definition) is 0. The summed E-state index contributed by atoms with van der Waals surface area (Å²) in [5, 5.41) is 14.6. The fraction of sp³-hybridized carbons (Fsp3) is 0.257.